The fraction of sp³-hybridized carbons (Fsp3) is 0.467. The molecule has 0 aromatic heterocycles. The van der Waals surface area contributed by atoms with Crippen LogP contribution in [0.4, 0.5) is 5.69 Å². The number of hydrogen-bond acceptors (Lipinski definition) is 6. The van der Waals surface area contributed by atoms with Gasteiger partial charge in [0.2, 0.25) is 0 Å². The van der Waals surface area contributed by atoms with E-state index in [9.17, 15) is 0 Å². The molecule has 22 heavy (non-hydrogen) atoms. The Kier molecular flexibility index (Phi) is 6.33. The molecular formula is C15H22ClN3O3. The van der Waals surface area contributed by atoms with E-state index in [2.05, 4.69) is 11.5 Å². The predicted molar refractivity (Wildman–Crippen MR) is 87.5 cm³/mol. The van der Waals surface area contributed by atoms with E-state index < -0.39 is 0 Å². The smallest absolute Gasteiger partial charge is 0.140 e. The minimum Gasteiger partial charge on any atom is -0.492 e. The molecule has 0 unspecified atom stereocenters. The van der Waals surface area contributed by atoms with Crippen molar-refractivity contribution in [3.8, 4) is 5.75 Å². The second-order valence-electron chi connectivity index (χ2n) is 5.13. The molecule has 0 atom stereocenters. The van der Waals surface area contributed by atoms with E-state index in [1.165, 1.54) is 0 Å². The van der Waals surface area contributed by atoms with E-state index in [-0.39, 0.29) is 0 Å². The summed E-state index contributed by atoms with van der Waals surface area (Å²) < 4.78 is 11.0. The third-order valence-corrected chi connectivity index (χ3v) is 3.90. The van der Waals surface area contributed by atoms with Crippen molar-refractivity contribution in [2.24, 2.45) is 5.73 Å². The maximum Gasteiger partial charge on any atom is 0.140 e. The number of halogens is 1. The zero-order valence-corrected chi connectivity index (χ0v) is 13.2. The van der Waals surface area contributed by atoms with E-state index >= 15 is 0 Å². The molecule has 0 aliphatic carbocycles. The Morgan fingerprint density at radius 3 is 2.82 bits per heavy atom. The van der Waals surface area contributed by atoms with Gasteiger partial charge in [-0.15, -0.1) is 0 Å². The predicted octanol–water partition coefficient (Wildman–Crippen LogP) is 2.17. The largest absolute Gasteiger partial charge is 0.492 e. The quantitative estimate of drug-likeness (QED) is 0.526. The summed E-state index contributed by atoms with van der Waals surface area (Å²) in [6.07, 6.45) is 0.881. The molecule has 1 heterocycles. The SMILES string of the molecule is C=C(N)c1cc(NO)c(Cl)c(OCCCN2CCOCC2)c1. The van der Waals surface area contributed by atoms with Crippen LogP contribution in [0, 0.1) is 0 Å². The lowest BCUT2D eigenvalue weighted by atomic mass is 10.1. The van der Waals surface area contributed by atoms with Crippen molar-refractivity contribution in [1.29, 1.82) is 0 Å². The minimum atomic E-state index is 0.318. The van der Waals surface area contributed by atoms with Crippen LogP contribution in [0.3, 0.4) is 0 Å². The fourth-order valence-electron chi connectivity index (χ4n) is 2.26. The van der Waals surface area contributed by atoms with Gasteiger partial charge in [0, 0.05) is 30.9 Å². The lowest BCUT2D eigenvalue weighted by Crippen LogP contribution is -2.37. The molecule has 1 fully saturated rings. The zero-order chi connectivity index (χ0) is 15.9. The van der Waals surface area contributed by atoms with E-state index in [0.717, 1.165) is 39.3 Å². The molecule has 1 saturated heterocycles. The second-order valence-corrected chi connectivity index (χ2v) is 5.51. The van der Waals surface area contributed by atoms with Gasteiger partial charge in [-0.3, -0.25) is 15.6 Å². The molecule has 0 amide bonds. The van der Waals surface area contributed by atoms with E-state index in [4.69, 9.17) is 32.0 Å². The number of hydrogen-bond donors (Lipinski definition) is 3. The van der Waals surface area contributed by atoms with Gasteiger partial charge in [-0.2, -0.15) is 0 Å². The van der Waals surface area contributed by atoms with Gasteiger partial charge in [-0.05, 0) is 18.6 Å². The first-order valence-corrected chi connectivity index (χ1v) is 7.61. The number of nitrogens with two attached hydrogens (primary N) is 1. The number of ether oxygens (including phenoxy) is 2. The van der Waals surface area contributed by atoms with Crippen molar-refractivity contribution in [3.63, 3.8) is 0 Å². The van der Waals surface area contributed by atoms with Gasteiger partial charge < -0.3 is 15.2 Å². The van der Waals surface area contributed by atoms with Gasteiger partial charge in [0.25, 0.3) is 0 Å². The first kappa shape index (κ1) is 16.9. The average molecular weight is 328 g/mol. The summed E-state index contributed by atoms with van der Waals surface area (Å²) in [5.74, 6) is 0.476. The summed E-state index contributed by atoms with van der Waals surface area (Å²) in [5, 5.41) is 9.43. The number of anilines is 1. The van der Waals surface area contributed by atoms with Gasteiger partial charge in [-0.25, -0.2) is 0 Å². The second kappa shape index (κ2) is 8.24. The highest BCUT2D eigenvalue weighted by molar-refractivity contribution is 6.34. The van der Waals surface area contributed by atoms with Gasteiger partial charge in [-0.1, -0.05) is 18.2 Å². The third kappa shape index (κ3) is 4.51. The Morgan fingerprint density at radius 2 is 2.18 bits per heavy atom. The van der Waals surface area contributed by atoms with Crippen LogP contribution < -0.4 is 16.0 Å². The summed E-state index contributed by atoms with van der Waals surface area (Å²) in [6, 6.07) is 3.34. The van der Waals surface area contributed by atoms with Crippen LogP contribution in [0.5, 0.6) is 5.75 Å². The topological polar surface area (TPSA) is 80.0 Å². The molecule has 2 rings (SSSR count). The van der Waals surface area contributed by atoms with Gasteiger partial charge >= 0.3 is 0 Å². The number of rotatable bonds is 7. The molecule has 0 bridgehead atoms. The van der Waals surface area contributed by atoms with Crippen LogP contribution >= 0.6 is 11.6 Å². The van der Waals surface area contributed by atoms with E-state index in [1.54, 1.807) is 12.1 Å². The zero-order valence-electron chi connectivity index (χ0n) is 12.5. The number of benzene rings is 1. The first-order chi connectivity index (χ1) is 10.6. The van der Waals surface area contributed by atoms with Crippen LogP contribution in [0.25, 0.3) is 5.70 Å². The molecule has 1 aromatic carbocycles. The summed E-state index contributed by atoms with van der Waals surface area (Å²) in [4.78, 5) is 2.34. The lowest BCUT2D eigenvalue weighted by molar-refractivity contribution is 0.0358. The van der Waals surface area contributed by atoms with Crippen molar-refractivity contribution >= 4 is 23.0 Å². The molecule has 0 radical (unpaired) electrons. The van der Waals surface area contributed by atoms with Crippen molar-refractivity contribution < 1.29 is 14.7 Å². The summed E-state index contributed by atoms with van der Waals surface area (Å²) in [5.41, 5.74) is 9.11. The van der Waals surface area contributed by atoms with Crippen LogP contribution in [0.1, 0.15) is 12.0 Å². The van der Waals surface area contributed by atoms with Crippen LogP contribution in [-0.4, -0.2) is 49.6 Å². The molecule has 1 aliphatic rings. The average Bonchev–Trinajstić information content (AvgIpc) is 2.53. The summed E-state index contributed by atoms with van der Waals surface area (Å²) in [7, 11) is 0. The molecule has 7 heteroatoms. The van der Waals surface area contributed by atoms with Crippen molar-refractivity contribution in [1.82, 2.24) is 4.90 Å². The van der Waals surface area contributed by atoms with Crippen molar-refractivity contribution in [3.05, 3.63) is 29.3 Å². The number of morpholine rings is 1. The van der Waals surface area contributed by atoms with Gasteiger partial charge in [0.15, 0.2) is 0 Å². The number of nitrogens with one attached hydrogen (secondary N) is 1. The fourth-order valence-corrected chi connectivity index (χ4v) is 2.47. The Hall–Kier alpha value is -1.47. The Labute approximate surface area is 135 Å². The van der Waals surface area contributed by atoms with Gasteiger partial charge in [0.05, 0.1) is 25.5 Å². The molecule has 1 aromatic rings. The molecular weight excluding hydrogens is 306 g/mol. The first-order valence-electron chi connectivity index (χ1n) is 7.23. The maximum absolute atomic E-state index is 9.11. The normalized spacial score (nSPS) is 15.5. The highest BCUT2D eigenvalue weighted by atomic mass is 35.5. The third-order valence-electron chi connectivity index (χ3n) is 3.51. The standard InChI is InChI=1S/C15H22ClN3O3/c1-11(17)12-9-13(18-20)15(16)14(10-12)22-6-2-3-19-4-7-21-8-5-19/h9-10,18,20H,1-8,17H2. The van der Waals surface area contributed by atoms with Crippen LogP contribution in [0.2, 0.25) is 5.02 Å². The highest BCUT2D eigenvalue weighted by Gasteiger charge is 2.12. The molecule has 0 spiro atoms. The molecule has 0 saturated carbocycles. The Balaban J connectivity index is 1.90. The van der Waals surface area contributed by atoms with E-state index in [1.807, 2.05) is 5.48 Å². The highest BCUT2D eigenvalue weighted by Crippen LogP contribution is 2.34. The van der Waals surface area contributed by atoms with Crippen LogP contribution in [-0.2, 0) is 4.74 Å². The van der Waals surface area contributed by atoms with E-state index in [0.29, 0.717) is 34.3 Å². The minimum absolute atomic E-state index is 0.318. The van der Waals surface area contributed by atoms with Crippen LogP contribution in [0.15, 0.2) is 18.7 Å². The molecule has 122 valence electrons. The van der Waals surface area contributed by atoms with Crippen molar-refractivity contribution in [2.75, 3.05) is 44.9 Å². The Morgan fingerprint density at radius 1 is 1.45 bits per heavy atom. The summed E-state index contributed by atoms with van der Waals surface area (Å²) >= 11 is 6.17. The molecule has 4 N–H and O–H groups in total. The van der Waals surface area contributed by atoms with Crippen molar-refractivity contribution in [2.45, 2.75) is 6.42 Å². The maximum atomic E-state index is 9.11. The Bertz CT molecular complexity index is 519. The molecule has 1 aliphatic heterocycles. The molecule has 6 nitrogen and oxygen atoms in total. The summed E-state index contributed by atoms with van der Waals surface area (Å²) in [6.45, 7) is 8.67. The number of nitrogens with zero attached hydrogens (tertiary/aromatic N) is 1. The monoisotopic (exact) mass is 327 g/mol. The van der Waals surface area contributed by atoms with Gasteiger partial charge in [0.1, 0.15) is 10.8 Å². The lowest BCUT2D eigenvalue weighted by Gasteiger charge is -2.26.